The summed E-state index contributed by atoms with van der Waals surface area (Å²) in [6, 6.07) is 0. The number of guanidine groups is 1. The Morgan fingerprint density at radius 1 is 1.10 bits per heavy atom. The molecular weight excluding hydrogens is 136 g/mol. The van der Waals surface area contributed by atoms with Crippen LogP contribution in [0.4, 0.5) is 0 Å². The summed E-state index contributed by atoms with van der Waals surface area (Å²) in [6.07, 6.45) is 0. The van der Waals surface area contributed by atoms with E-state index in [2.05, 4.69) is 10.2 Å². The minimum atomic E-state index is -0.354. The number of rotatable bonds is 3. The Hall–Kier alpha value is -1.14. The number of nitrogens with zero attached hydrogens (tertiary/aromatic N) is 2. The molecule has 0 saturated heterocycles. The summed E-state index contributed by atoms with van der Waals surface area (Å²) in [5.74, 6) is -0.209. The Bertz CT molecular complexity index is 143. The third-order valence-electron chi connectivity index (χ3n) is 0.672. The topological polar surface area (TPSA) is 117 Å². The van der Waals surface area contributed by atoms with Crippen LogP contribution in [0, 0.1) is 0 Å². The van der Waals surface area contributed by atoms with Crippen LogP contribution in [0.5, 0.6) is 0 Å². The van der Waals surface area contributed by atoms with Gasteiger partial charge in [-0.3, -0.25) is 0 Å². The van der Waals surface area contributed by atoms with Crippen molar-refractivity contribution in [3.8, 4) is 0 Å². The highest BCUT2D eigenvalue weighted by atomic mass is 16.3. The Morgan fingerprint density at radius 3 is 1.90 bits per heavy atom. The summed E-state index contributed by atoms with van der Waals surface area (Å²) >= 11 is 0. The van der Waals surface area contributed by atoms with E-state index in [0.717, 1.165) is 0 Å². The maximum atomic E-state index is 8.40. The molecule has 6 heteroatoms. The molecule has 0 aromatic heterocycles. The number of aliphatic hydroxyl groups excluding tert-OH is 2. The maximum absolute atomic E-state index is 8.40. The molecule has 0 aliphatic heterocycles. The number of hydrogen-bond acceptors (Lipinski definition) is 4. The van der Waals surface area contributed by atoms with Crippen molar-refractivity contribution in [3.63, 3.8) is 0 Å². The normalized spacial score (nSPS) is 8.60. The molecule has 0 radical (unpaired) electrons. The lowest BCUT2D eigenvalue weighted by molar-refractivity contribution is 0.319. The van der Waals surface area contributed by atoms with Crippen LogP contribution in [0.15, 0.2) is 10.2 Å². The zero-order chi connectivity index (χ0) is 7.98. The SMILES string of the molecule is NC(N)=NN=C(CO)CO. The van der Waals surface area contributed by atoms with Gasteiger partial charge in [-0.05, 0) is 0 Å². The summed E-state index contributed by atoms with van der Waals surface area (Å²) in [6.45, 7) is -0.708. The molecule has 0 bridgehead atoms. The molecule has 6 N–H and O–H groups in total. The van der Waals surface area contributed by atoms with Gasteiger partial charge >= 0.3 is 0 Å². The highest BCUT2D eigenvalue weighted by molar-refractivity contribution is 5.87. The molecule has 0 atom stereocenters. The summed E-state index contributed by atoms with van der Waals surface area (Å²) in [5.41, 5.74) is 9.93. The third kappa shape index (κ3) is 3.81. The molecule has 0 rings (SSSR count). The lowest BCUT2D eigenvalue weighted by Gasteiger charge is -1.92. The molecule has 0 saturated carbocycles. The second-order valence-electron chi connectivity index (χ2n) is 1.51. The zero-order valence-electron chi connectivity index (χ0n) is 5.36. The molecule has 10 heavy (non-hydrogen) atoms. The minimum absolute atomic E-state index is 0.119. The van der Waals surface area contributed by atoms with E-state index in [-0.39, 0.29) is 24.9 Å². The second-order valence-corrected chi connectivity index (χ2v) is 1.51. The quantitative estimate of drug-likeness (QED) is 0.202. The van der Waals surface area contributed by atoms with Gasteiger partial charge in [0, 0.05) is 0 Å². The Labute approximate surface area is 57.9 Å². The van der Waals surface area contributed by atoms with Gasteiger partial charge < -0.3 is 21.7 Å². The van der Waals surface area contributed by atoms with Gasteiger partial charge in [-0.1, -0.05) is 0 Å². The van der Waals surface area contributed by atoms with Crippen LogP contribution in [0.25, 0.3) is 0 Å². The van der Waals surface area contributed by atoms with E-state index in [0.29, 0.717) is 0 Å². The summed E-state index contributed by atoms with van der Waals surface area (Å²) < 4.78 is 0. The van der Waals surface area contributed by atoms with E-state index >= 15 is 0 Å². The first-order valence-corrected chi connectivity index (χ1v) is 2.56. The van der Waals surface area contributed by atoms with E-state index in [1.165, 1.54) is 0 Å². The molecule has 0 aliphatic rings. The molecule has 0 aromatic carbocycles. The minimum Gasteiger partial charge on any atom is -0.390 e. The molecule has 0 unspecified atom stereocenters. The van der Waals surface area contributed by atoms with Crippen molar-refractivity contribution >= 4 is 11.7 Å². The van der Waals surface area contributed by atoms with Gasteiger partial charge in [-0.2, -0.15) is 5.10 Å². The van der Waals surface area contributed by atoms with Gasteiger partial charge in [0.05, 0.1) is 18.9 Å². The van der Waals surface area contributed by atoms with Gasteiger partial charge in [0.1, 0.15) is 0 Å². The summed E-state index contributed by atoms with van der Waals surface area (Å²) in [4.78, 5) is 0. The Balaban J connectivity index is 3.99. The van der Waals surface area contributed by atoms with E-state index in [1.54, 1.807) is 0 Å². The van der Waals surface area contributed by atoms with Crippen LogP contribution in [-0.4, -0.2) is 35.1 Å². The molecular formula is C4H10N4O2. The average molecular weight is 146 g/mol. The van der Waals surface area contributed by atoms with Crippen LogP contribution < -0.4 is 11.5 Å². The molecule has 0 aliphatic carbocycles. The van der Waals surface area contributed by atoms with Crippen molar-refractivity contribution in [2.24, 2.45) is 21.7 Å². The molecule has 0 aromatic rings. The molecule has 58 valence electrons. The fourth-order valence-electron chi connectivity index (χ4n) is 0.242. The van der Waals surface area contributed by atoms with Crippen molar-refractivity contribution in [2.45, 2.75) is 0 Å². The molecule has 0 fully saturated rings. The van der Waals surface area contributed by atoms with Crippen LogP contribution in [0.1, 0.15) is 0 Å². The Kier molecular flexibility index (Phi) is 4.17. The van der Waals surface area contributed by atoms with Crippen molar-refractivity contribution in [2.75, 3.05) is 13.2 Å². The van der Waals surface area contributed by atoms with Crippen molar-refractivity contribution in [1.82, 2.24) is 0 Å². The monoisotopic (exact) mass is 146 g/mol. The van der Waals surface area contributed by atoms with Gasteiger partial charge in [0.2, 0.25) is 5.96 Å². The number of aliphatic hydroxyl groups is 2. The number of hydrogen-bond donors (Lipinski definition) is 4. The first kappa shape index (κ1) is 8.86. The van der Waals surface area contributed by atoms with Crippen LogP contribution in [0.3, 0.4) is 0 Å². The van der Waals surface area contributed by atoms with Crippen molar-refractivity contribution in [3.05, 3.63) is 0 Å². The fraction of sp³-hybridized carbons (Fsp3) is 0.500. The standard InChI is InChI=1S/C4H10N4O2/c5-4(6)8-7-3(1-9)2-10/h9-10H,1-2H2,(H4,5,6,8). The smallest absolute Gasteiger partial charge is 0.211 e. The lowest BCUT2D eigenvalue weighted by Crippen LogP contribution is -2.22. The molecule has 0 spiro atoms. The van der Waals surface area contributed by atoms with Gasteiger partial charge in [0.25, 0.3) is 0 Å². The predicted octanol–water partition coefficient (Wildman–Crippen LogP) is -2.40. The first-order chi connectivity index (χ1) is 4.70. The fourth-order valence-corrected chi connectivity index (χ4v) is 0.242. The molecule has 0 heterocycles. The van der Waals surface area contributed by atoms with Crippen molar-refractivity contribution in [1.29, 1.82) is 0 Å². The predicted molar refractivity (Wildman–Crippen MR) is 37.4 cm³/mol. The van der Waals surface area contributed by atoms with Crippen molar-refractivity contribution < 1.29 is 10.2 Å². The largest absolute Gasteiger partial charge is 0.390 e. The van der Waals surface area contributed by atoms with E-state index < -0.39 is 0 Å². The first-order valence-electron chi connectivity index (χ1n) is 2.56. The zero-order valence-corrected chi connectivity index (χ0v) is 5.36. The highest BCUT2D eigenvalue weighted by Crippen LogP contribution is 1.76. The van der Waals surface area contributed by atoms with E-state index in [9.17, 15) is 0 Å². The van der Waals surface area contributed by atoms with E-state index in [1.807, 2.05) is 0 Å². The highest BCUT2D eigenvalue weighted by Gasteiger charge is 1.91. The summed E-state index contributed by atoms with van der Waals surface area (Å²) in [5, 5.41) is 23.3. The van der Waals surface area contributed by atoms with Gasteiger partial charge in [-0.25, -0.2) is 0 Å². The van der Waals surface area contributed by atoms with E-state index in [4.69, 9.17) is 21.7 Å². The van der Waals surface area contributed by atoms with Crippen LogP contribution in [0.2, 0.25) is 0 Å². The second kappa shape index (κ2) is 4.71. The molecule has 6 nitrogen and oxygen atoms in total. The van der Waals surface area contributed by atoms with Gasteiger partial charge in [-0.15, -0.1) is 5.10 Å². The molecule has 0 amide bonds. The van der Waals surface area contributed by atoms with Crippen LogP contribution in [-0.2, 0) is 0 Å². The number of nitrogens with two attached hydrogens (primary N) is 2. The average Bonchev–Trinajstić information content (AvgIpc) is 1.90. The third-order valence-corrected chi connectivity index (χ3v) is 0.672. The van der Waals surface area contributed by atoms with Gasteiger partial charge in [0.15, 0.2) is 0 Å². The van der Waals surface area contributed by atoms with Crippen LogP contribution >= 0.6 is 0 Å². The summed E-state index contributed by atoms with van der Waals surface area (Å²) in [7, 11) is 0. The lowest BCUT2D eigenvalue weighted by atomic mass is 10.4. The maximum Gasteiger partial charge on any atom is 0.211 e. The Morgan fingerprint density at radius 2 is 1.60 bits per heavy atom.